The number of hydrogen-bond donors (Lipinski definition) is 1. The first-order chi connectivity index (χ1) is 17.5. The van der Waals surface area contributed by atoms with Crippen molar-refractivity contribution in [2.45, 2.75) is 52.6 Å². The molecule has 3 aromatic carbocycles. The van der Waals surface area contributed by atoms with Gasteiger partial charge >= 0.3 is 0 Å². The van der Waals surface area contributed by atoms with E-state index < -0.39 is 17.7 Å². The molecule has 0 radical (unpaired) electrons. The van der Waals surface area contributed by atoms with Crippen molar-refractivity contribution in [3.8, 4) is 5.75 Å². The Morgan fingerprint density at radius 2 is 1.73 bits per heavy atom. The Bertz CT molecular complexity index is 1370. The van der Waals surface area contributed by atoms with Crippen LogP contribution < -0.4 is 4.74 Å². The van der Waals surface area contributed by atoms with Gasteiger partial charge < -0.3 is 14.7 Å². The van der Waals surface area contributed by atoms with Crippen LogP contribution in [0.5, 0.6) is 5.75 Å². The number of halogens is 1. The molecule has 1 N–H and O–H groups in total. The summed E-state index contributed by atoms with van der Waals surface area (Å²) in [6.07, 6.45) is 0. The highest BCUT2D eigenvalue weighted by molar-refractivity contribution is 9.10. The van der Waals surface area contributed by atoms with E-state index in [0.29, 0.717) is 17.9 Å². The van der Waals surface area contributed by atoms with E-state index in [1.54, 1.807) is 12.1 Å². The molecule has 1 fully saturated rings. The van der Waals surface area contributed by atoms with Crippen LogP contribution >= 0.6 is 15.9 Å². The molecule has 37 heavy (non-hydrogen) atoms. The Morgan fingerprint density at radius 3 is 2.35 bits per heavy atom. The normalized spacial score (nSPS) is 17.4. The number of benzene rings is 3. The molecule has 5 nitrogen and oxygen atoms in total. The number of aliphatic hydroxyl groups excluding tert-OH is 1. The molecular weight excluding hydrogens is 530 g/mol. The molecule has 0 spiro atoms. The predicted octanol–water partition coefficient (Wildman–Crippen LogP) is 7.08. The van der Waals surface area contributed by atoms with Gasteiger partial charge in [-0.15, -0.1) is 0 Å². The van der Waals surface area contributed by atoms with Gasteiger partial charge in [-0.2, -0.15) is 0 Å². The summed E-state index contributed by atoms with van der Waals surface area (Å²) in [6, 6.07) is 20.1. The quantitative estimate of drug-likeness (QED) is 0.198. The molecule has 0 bridgehead atoms. The predicted molar refractivity (Wildman–Crippen MR) is 149 cm³/mol. The lowest BCUT2D eigenvalue weighted by Crippen LogP contribution is -2.29. The lowest BCUT2D eigenvalue weighted by Gasteiger charge is -2.27. The van der Waals surface area contributed by atoms with Crippen molar-refractivity contribution in [3.05, 3.63) is 105 Å². The van der Waals surface area contributed by atoms with Crippen molar-refractivity contribution >= 4 is 33.4 Å². The molecule has 1 amide bonds. The van der Waals surface area contributed by atoms with Gasteiger partial charge in [0.1, 0.15) is 11.5 Å². The Balaban J connectivity index is 1.84. The Morgan fingerprint density at radius 1 is 1.03 bits per heavy atom. The molecule has 4 rings (SSSR count). The smallest absolute Gasteiger partial charge is 0.295 e. The van der Waals surface area contributed by atoms with Crippen molar-refractivity contribution in [2.24, 2.45) is 0 Å². The molecule has 1 aliphatic heterocycles. The molecule has 6 heteroatoms. The molecular formula is C31H32BrNO4. The Kier molecular flexibility index (Phi) is 7.60. The van der Waals surface area contributed by atoms with Crippen LogP contribution in [-0.2, 0) is 21.5 Å². The number of carbonyl (C=O) groups excluding carboxylic acids is 2. The number of rotatable bonds is 6. The van der Waals surface area contributed by atoms with Crippen LogP contribution in [0.2, 0.25) is 0 Å². The van der Waals surface area contributed by atoms with Crippen LogP contribution in [0.3, 0.4) is 0 Å². The van der Waals surface area contributed by atoms with Gasteiger partial charge in [-0.3, -0.25) is 9.59 Å². The zero-order chi connectivity index (χ0) is 26.9. The van der Waals surface area contributed by atoms with Crippen LogP contribution in [0.4, 0.5) is 0 Å². The summed E-state index contributed by atoms with van der Waals surface area (Å²) < 4.78 is 6.53. The zero-order valence-electron chi connectivity index (χ0n) is 21.8. The van der Waals surface area contributed by atoms with E-state index >= 15 is 0 Å². The highest BCUT2D eigenvalue weighted by Crippen LogP contribution is 2.41. The van der Waals surface area contributed by atoms with Crippen LogP contribution in [0.25, 0.3) is 5.76 Å². The van der Waals surface area contributed by atoms with E-state index in [9.17, 15) is 14.7 Å². The van der Waals surface area contributed by atoms with E-state index in [-0.39, 0.29) is 23.3 Å². The minimum atomic E-state index is -0.728. The third kappa shape index (κ3) is 5.49. The topological polar surface area (TPSA) is 66.8 Å². The molecule has 1 unspecified atom stereocenters. The first-order valence-corrected chi connectivity index (χ1v) is 13.2. The number of aryl methyl sites for hydroxylation is 1. The summed E-state index contributed by atoms with van der Waals surface area (Å²) in [5, 5.41) is 11.4. The van der Waals surface area contributed by atoms with Crippen LogP contribution in [0.1, 0.15) is 61.6 Å². The summed E-state index contributed by atoms with van der Waals surface area (Å²) in [4.78, 5) is 28.3. The third-order valence-electron chi connectivity index (χ3n) is 6.63. The zero-order valence-corrected chi connectivity index (χ0v) is 23.4. The van der Waals surface area contributed by atoms with Crippen molar-refractivity contribution in [1.82, 2.24) is 4.90 Å². The highest BCUT2D eigenvalue weighted by atomic mass is 79.9. The van der Waals surface area contributed by atoms with Gasteiger partial charge in [0.15, 0.2) is 0 Å². The second kappa shape index (κ2) is 10.5. The van der Waals surface area contributed by atoms with E-state index in [1.165, 1.54) is 4.90 Å². The second-order valence-electron chi connectivity index (χ2n) is 10.3. The molecule has 1 saturated heterocycles. The summed E-state index contributed by atoms with van der Waals surface area (Å²) in [5.74, 6) is -0.802. The molecule has 1 heterocycles. The largest absolute Gasteiger partial charge is 0.507 e. The van der Waals surface area contributed by atoms with Gasteiger partial charge in [0.2, 0.25) is 0 Å². The van der Waals surface area contributed by atoms with Gasteiger partial charge in [0.05, 0.1) is 18.2 Å². The molecule has 0 aliphatic carbocycles. The van der Waals surface area contributed by atoms with Crippen molar-refractivity contribution in [2.75, 3.05) is 6.61 Å². The van der Waals surface area contributed by atoms with E-state index in [4.69, 9.17) is 4.74 Å². The number of Topliss-reactive ketones (excluding diaryl/α,β-unsaturated/α-hetero) is 1. The average Bonchev–Trinajstić information content (AvgIpc) is 3.10. The van der Waals surface area contributed by atoms with Crippen LogP contribution in [0, 0.1) is 6.92 Å². The maximum Gasteiger partial charge on any atom is 0.295 e. The first-order valence-electron chi connectivity index (χ1n) is 12.4. The van der Waals surface area contributed by atoms with Gasteiger partial charge in [0.25, 0.3) is 11.7 Å². The second-order valence-corrected chi connectivity index (χ2v) is 11.2. The summed E-state index contributed by atoms with van der Waals surface area (Å²) in [7, 11) is 0. The van der Waals surface area contributed by atoms with Crippen LogP contribution in [0.15, 0.2) is 76.8 Å². The van der Waals surface area contributed by atoms with Crippen molar-refractivity contribution < 1.29 is 19.4 Å². The standard InChI is InChI=1S/C31H32BrNO4/c1-6-37-24-9-7-8-20(17-24)18-33-27(21-10-13-23(14-11-21)31(3,4)5)26(29(35)30(33)36)28(34)22-12-15-25(32)19(2)16-22/h7-17,27,34H,6,18H2,1-5H3/b28-26-. The summed E-state index contributed by atoms with van der Waals surface area (Å²) in [6.45, 7) is 11.0. The number of ketones is 1. The molecule has 0 saturated carbocycles. The number of aliphatic hydroxyl groups is 1. The maximum atomic E-state index is 13.4. The van der Waals surface area contributed by atoms with E-state index in [2.05, 4.69) is 36.7 Å². The summed E-state index contributed by atoms with van der Waals surface area (Å²) in [5.41, 5.74) is 4.20. The first kappa shape index (κ1) is 26.7. The monoisotopic (exact) mass is 561 g/mol. The molecule has 0 aromatic heterocycles. The molecule has 1 aliphatic rings. The Labute approximate surface area is 226 Å². The fraction of sp³-hybridized carbons (Fsp3) is 0.290. The van der Waals surface area contributed by atoms with Gasteiger partial charge in [-0.1, -0.05) is 79.2 Å². The minimum Gasteiger partial charge on any atom is -0.507 e. The third-order valence-corrected chi connectivity index (χ3v) is 7.52. The fourth-order valence-electron chi connectivity index (χ4n) is 4.60. The number of nitrogens with zero attached hydrogens (tertiary/aromatic N) is 1. The van der Waals surface area contributed by atoms with Gasteiger partial charge in [0, 0.05) is 16.6 Å². The number of likely N-dealkylation sites (tertiary alicyclic amines) is 1. The number of ether oxygens (including phenoxy) is 1. The van der Waals surface area contributed by atoms with E-state index in [0.717, 1.165) is 26.7 Å². The average molecular weight is 563 g/mol. The maximum absolute atomic E-state index is 13.4. The van der Waals surface area contributed by atoms with Gasteiger partial charge in [-0.05, 0) is 65.8 Å². The van der Waals surface area contributed by atoms with Crippen molar-refractivity contribution in [1.29, 1.82) is 0 Å². The molecule has 1 atom stereocenters. The lowest BCUT2D eigenvalue weighted by molar-refractivity contribution is -0.140. The number of hydrogen-bond acceptors (Lipinski definition) is 4. The van der Waals surface area contributed by atoms with E-state index in [1.807, 2.05) is 68.4 Å². The number of amides is 1. The highest BCUT2D eigenvalue weighted by Gasteiger charge is 2.46. The Hall–Kier alpha value is -3.38. The number of carbonyl (C=O) groups is 2. The lowest BCUT2D eigenvalue weighted by atomic mass is 9.85. The van der Waals surface area contributed by atoms with Crippen LogP contribution in [-0.4, -0.2) is 28.3 Å². The SMILES string of the molecule is CCOc1cccc(CN2C(=O)C(=O)/C(=C(\O)c3ccc(Br)c(C)c3)C2c2ccc(C(C)(C)C)cc2)c1. The van der Waals surface area contributed by atoms with Crippen molar-refractivity contribution in [3.63, 3.8) is 0 Å². The van der Waals surface area contributed by atoms with Gasteiger partial charge in [-0.25, -0.2) is 0 Å². The fourth-order valence-corrected chi connectivity index (χ4v) is 4.85. The molecule has 3 aromatic rings. The summed E-state index contributed by atoms with van der Waals surface area (Å²) >= 11 is 3.48. The molecule has 192 valence electrons. The minimum absolute atomic E-state index is 0.0466.